The van der Waals surface area contributed by atoms with E-state index in [9.17, 15) is 13.2 Å². The highest BCUT2D eigenvalue weighted by molar-refractivity contribution is 5.76. The van der Waals surface area contributed by atoms with Crippen molar-refractivity contribution in [1.82, 2.24) is 0 Å². The van der Waals surface area contributed by atoms with Crippen LogP contribution < -0.4 is 5.36 Å². The normalized spacial score (nSPS) is 13.3. The highest BCUT2D eigenvalue weighted by atomic mass is 19.4. The monoisotopic (exact) mass is 243 g/mol. The number of halogens is 3. The molecule has 1 aromatic heterocycles. The topological polar surface area (TPSA) is 45.7 Å². The van der Waals surface area contributed by atoms with Gasteiger partial charge in [-0.05, 0) is 19.1 Å². The maximum Gasteiger partial charge on any atom is 0.449 e. The molecule has 0 saturated heterocycles. The Morgan fingerprint density at radius 3 is 2.53 bits per heavy atom. The van der Waals surface area contributed by atoms with Crippen LogP contribution in [0.2, 0.25) is 0 Å². The van der Waals surface area contributed by atoms with Crippen LogP contribution in [0.5, 0.6) is 0 Å². The third-order valence-corrected chi connectivity index (χ3v) is 2.29. The van der Waals surface area contributed by atoms with Crippen molar-refractivity contribution in [1.29, 1.82) is 0 Å². The largest absolute Gasteiger partial charge is 0.451 e. The van der Waals surface area contributed by atoms with Gasteiger partial charge in [0.15, 0.2) is 0 Å². The number of alkyl halides is 3. The number of fused-ring (bicyclic) bond motifs is 1. The summed E-state index contributed by atoms with van der Waals surface area (Å²) in [5.74, 6) is -1.19. The van der Waals surface area contributed by atoms with E-state index in [-0.39, 0.29) is 10.9 Å². The number of benzene rings is 1. The van der Waals surface area contributed by atoms with Crippen LogP contribution in [0.25, 0.3) is 11.0 Å². The molecule has 0 atom stereocenters. The Kier molecular flexibility index (Phi) is 2.57. The predicted molar refractivity (Wildman–Crippen MR) is 53.3 cm³/mol. The lowest BCUT2D eigenvalue weighted by atomic mass is 10.1. The quantitative estimate of drug-likeness (QED) is 0.571. The van der Waals surface area contributed by atoms with E-state index in [1.807, 2.05) is 0 Å². The van der Waals surface area contributed by atoms with Crippen LogP contribution in [0.1, 0.15) is 11.3 Å². The third-order valence-electron chi connectivity index (χ3n) is 2.29. The van der Waals surface area contributed by atoms with Crippen molar-refractivity contribution >= 4 is 11.0 Å². The first kappa shape index (κ1) is 11.5. The Balaban J connectivity index is 2.85. The van der Waals surface area contributed by atoms with E-state index < -0.39 is 11.9 Å². The van der Waals surface area contributed by atoms with Gasteiger partial charge in [-0.25, -0.2) is 0 Å². The molecule has 17 heavy (non-hydrogen) atoms. The van der Waals surface area contributed by atoms with Crippen LogP contribution in [0, 0.1) is 6.92 Å². The first-order valence-corrected chi connectivity index (χ1v) is 4.71. The van der Waals surface area contributed by atoms with Crippen molar-refractivity contribution in [3.05, 3.63) is 40.9 Å². The second kappa shape index (κ2) is 3.80. The minimum absolute atomic E-state index is 0.0261. The summed E-state index contributed by atoms with van der Waals surface area (Å²) in [5, 5.41) is 11.8. The summed E-state index contributed by atoms with van der Waals surface area (Å²) in [6.45, 7) is 1.78. The van der Waals surface area contributed by atoms with Crippen LogP contribution in [0.4, 0.5) is 13.2 Å². The zero-order valence-corrected chi connectivity index (χ0v) is 8.75. The van der Waals surface area contributed by atoms with E-state index in [0.717, 1.165) is 5.56 Å². The smallest absolute Gasteiger partial charge is 0.449 e. The molecule has 2 aromatic rings. The molecule has 1 N–H and O–H groups in total. The Morgan fingerprint density at radius 2 is 1.94 bits per heavy atom. The molecule has 2 rings (SSSR count). The Morgan fingerprint density at radius 1 is 1.24 bits per heavy atom. The highest BCUT2D eigenvalue weighted by Gasteiger charge is 2.34. The standard InChI is InChI=1S/C11H8F3NO2/c1-6-2-3-9-7(4-6)8(15-16)5-10(17-9)11(12,13)14/h2-5,16H,1H3/b15-8-. The number of rotatable bonds is 0. The van der Waals surface area contributed by atoms with Gasteiger partial charge in [-0.2, -0.15) is 13.2 Å². The predicted octanol–water partition coefficient (Wildman–Crippen LogP) is 3.05. The van der Waals surface area contributed by atoms with E-state index in [2.05, 4.69) is 5.16 Å². The second-order valence-corrected chi connectivity index (χ2v) is 3.59. The SMILES string of the molecule is Cc1ccc2oc(C(F)(F)F)c/c(=N/O)c2c1. The average molecular weight is 243 g/mol. The first-order chi connectivity index (χ1) is 7.91. The molecule has 6 heteroatoms. The molecule has 0 aliphatic rings. The van der Waals surface area contributed by atoms with E-state index >= 15 is 0 Å². The number of nitrogens with zero attached hydrogens (tertiary/aromatic N) is 1. The highest BCUT2D eigenvalue weighted by Crippen LogP contribution is 2.30. The molecule has 0 amide bonds. The zero-order chi connectivity index (χ0) is 12.6. The van der Waals surface area contributed by atoms with E-state index in [1.54, 1.807) is 19.1 Å². The van der Waals surface area contributed by atoms with Gasteiger partial charge in [0.05, 0.1) is 0 Å². The Hall–Kier alpha value is -1.98. The van der Waals surface area contributed by atoms with Crippen molar-refractivity contribution in [3.8, 4) is 0 Å². The van der Waals surface area contributed by atoms with Gasteiger partial charge in [-0.15, -0.1) is 0 Å². The van der Waals surface area contributed by atoms with Crippen molar-refractivity contribution in [2.75, 3.05) is 0 Å². The number of hydrogen-bond donors (Lipinski definition) is 1. The first-order valence-electron chi connectivity index (χ1n) is 4.71. The summed E-state index contributed by atoms with van der Waals surface area (Å²) >= 11 is 0. The molecule has 3 nitrogen and oxygen atoms in total. The van der Waals surface area contributed by atoms with Crippen molar-refractivity contribution in [2.45, 2.75) is 13.1 Å². The maximum absolute atomic E-state index is 12.5. The molecule has 0 radical (unpaired) electrons. The minimum atomic E-state index is -4.61. The van der Waals surface area contributed by atoms with Crippen molar-refractivity contribution in [3.63, 3.8) is 0 Å². The zero-order valence-electron chi connectivity index (χ0n) is 8.75. The summed E-state index contributed by atoms with van der Waals surface area (Å²) in [5.41, 5.74) is 0.857. The van der Waals surface area contributed by atoms with Gasteiger partial charge in [0.25, 0.3) is 0 Å². The van der Waals surface area contributed by atoms with Gasteiger partial charge < -0.3 is 9.62 Å². The van der Waals surface area contributed by atoms with Gasteiger partial charge in [0.1, 0.15) is 10.9 Å². The molecule has 0 unspecified atom stereocenters. The van der Waals surface area contributed by atoms with Gasteiger partial charge in [-0.3, -0.25) is 0 Å². The molecular formula is C11H8F3NO2. The fourth-order valence-electron chi connectivity index (χ4n) is 1.51. The summed E-state index contributed by atoms with van der Waals surface area (Å²) in [7, 11) is 0. The molecular weight excluding hydrogens is 235 g/mol. The summed E-state index contributed by atoms with van der Waals surface area (Å²) in [4.78, 5) is 0. The molecule has 0 bridgehead atoms. The van der Waals surface area contributed by atoms with Crippen LogP contribution in [-0.2, 0) is 6.18 Å². The molecule has 0 fully saturated rings. The lowest BCUT2D eigenvalue weighted by Gasteiger charge is -2.07. The van der Waals surface area contributed by atoms with Crippen LogP contribution >= 0.6 is 0 Å². The van der Waals surface area contributed by atoms with Crippen molar-refractivity contribution in [2.24, 2.45) is 5.16 Å². The summed E-state index contributed by atoms with van der Waals surface area (Å²) in [6.07, 6.45) is -4.61. The molecule has 1 heterocycles. The fourth-order valence-corrected chi connectivity index (χ4v) is 1.51. The lowest BCUT2D eigenvalue weighted by Crippen LogP contribution is -2.12. The molecule has 0 spiro atoms. The lowest BCUT2D eigenvalue weighted by molar-refractivity contribution is -0.152. The molecule has 0 aliphatic carbocycles. The van der Waals surface area contributed by atoms with E-state index in [1.165, 1.54) is 6.07 Å². The molecule has 0 aliphatic heterocycles. The van der Waals surface area contributed by atoms with E-state index in [0.29, 0.717) is 11.5 Å². The Bertz CT molecular complexity index is 629. The molecule has 1 aromatic carbocycles. The Labute approximate surface area is 93.8 Å². The van der Waals surface area contributed by atoms with Crippen LogP contribution in [0.3, 0.4) is 0 Å². The van der Waals surface area contributed by atoms with E-state index in [4.69, 9.17) is 9.62 Å². The fraction of sp³-hybridized carbons (Fsp3) is 0.182. The van der Waals surface area contributed by atoms with Gasteiger partial charge in [0.2, 0.25) is 5.76 Å². The molecule has 0 saturated carbocycles. The van der Waals surface area contributed by atoms with Gasteiger partial charge in [-0.1, -0.05) is 16.8 Å². The average Bonchev–Trinajstić information content (AvgIpc) is 2.26. The summed E-state index contributed by atoms with van der Waals surface area (Å²) < 4.78 is 42.2. The molecule has 90 valence electrons. The van der Waals surface area contributed by atoms with Gasteiger partial charge in [0, 0.05) is 11.5 Å². The third kappa shape index (κ3) is 2.11. The van der Waals surface area contributed by atoms with Crippen LogP contribution in [0.15, 0.2) is 33.8 Å². The maximum atomic E-state index is 12.5. The van der Waals surface area contributed by atoms with Crippen molar-refractivity contribution < 1.29 is 22.8 Å². The van der Waals surface area contributed by atoms with Crippen LogP contribution in [-0.4, -0.2) is 5.21 Å². The number of aryl methyl sites for hydroxylation is 1. The second-order valence-electron chi connectivity index (χ2n) is 3.59. The van der Waals surface area contributed by atoms with Gasteiger partial charge >= 0.3 is 6.18 Å². The number of hydrogen-bond acceptors (Lipinski definition) is 3. The minimum Gasteiger partial charge on any atom is -0.451 e. The summed E-state index contributed by atoms with van der Waals surface area (Å²) in [6, 6.07) is 5.29.